The molecule has 8 heteroatoms. The van der Waals surface area contributed by atoms with Gasteiger partial charge in [-0.25, -0.2) is 8.42 Å². The number of carbonyl (C=O) groups is 1. The number of carbonyl (C=O) groups excluding carboxylic acids is 1. The van der Waals surface area contributed by atoms with Crippen LogP contribution in [0.5, 0.6) is 0 Å². The van der Waals surface area contributed by atoms with Crippen LogP contribution in [0.15, 0.2) is 29.2 Å². The third kappa shape index (κ3) is 2.89. The highest BCUT2D eigenvalue weighted by Crippen LogP contribution is 2.22. The molecule has 6 nitrogen and oxygen atoms in total. The van der Waals surface area contributed by atoms with Gasteiger partial charge in [-0.3, -0.25) is 4.79 Å². The Kier molecular flexibility index (Phi) is 4.10. The first-order valence-electron chi connectivity index (χ1n) is 5.57. The average molecular weight is 305 g/mol. The lowest BCUT2D eigenvalue weighted by molar-refractivity contribution is -0.125. The number of benzene rings is 1. The van der Waals surface area contributed by atoms with Crippen LogP contribution in [-0.2, 0) is 19.6 Å². The number of amides is 1. The Hall–Kier alpha value is -1.15. The number of sulfonamides is 1. The Labute approximate surface area is 116 Å². The van der Waals surface area contributed by atoms with E-state index in [1.165, 1.54) is 24.3 Å². The Morgan fingerprint density at radius 3 is 2.58 bits per heavy atom. The van der Waals surface area contributed by atoms with E-state index >= 15 is 0 Å². The van der Waals surface area contributed by atoms with Crippen LogP contribution in [0.25, 0.3) is 0 Å². The number of rotatable bonds is 3. The highest BCUT2D eigenvalue weighted by atomic mass is 35.5. The van der Waals surface area contributed by atoms with Crippen molar-refractivity contribution in [2.45, 2.75) is 10.9 Å². The maximum absolute atomic E-state index is 12.4. The molecule has 0 aliphatic carbocycles. The fourth-order valence-electron chi connectivity index (χ4n) is 1.84. The molecule has 0 spiro atoms. The summed E-state index contributed by atoms with van der Waals surface area (Å²) in [5.74, 6) is -0.725. The normalized spacial score (nSPS) is 21.2. The molecule has 0 radical (unpaired) electrons. The molecule has 19 heavy (non-hydrogen) atoms. The van der Waals surface area contributed by atoms with Crippen LogP contribution in [0.2, 0.25) is 5.02 Å². The van der Waals surface area contributed by atoms with Gasteiger partial charge in [-0.15, -0.1) is 0 Å². The predicted molar refractivity (Wildman–Crippen MR) is 69.1 cm³/mol. The number of morpholine rings is 1. The summed E-state index contributed by atoms with van der Waals surface area (Å²) >= 11 is 5.72. The quantitative estimate of drug-likeness (QED) is 0.864. The van der Waals surface area contributed by atoms with Crippen molar-refractivity contribution in [3.63, 3.8) is 0 Å². The van der Waals surface area contributed by atoms with E-state index in [2.05, 4.69) is 0 Å². The molecule has 1 unspecified atom stereocenters. The molecular weight excluding hydrogens is 292 g/mol. The van der Waals surface area contributed by atoms with Gasteiger partial charge in [-0.1, -0.05) is 11.6 Å². The van der Waals surface area contributed by atoms with E-state index in [-0.39, 0.29) is 24.7 Å². The molecule has 1 fully saturated rings. The lowest BCUT2D eigenvalue weighted by Gasteiger charge is -2.32. The van der Waals surface area contributed by atoms with Gasteiger partial charge in [0.25, 0.3) is 0 Å². The maximum atomic E-state index is 12.4. The molecular formula is C11H13ClN2O4S. The third-order valence-corrected chi connectivity index (χ3v) is 5.00. The van der Waals surface area contributed by atoms with Gasteiger partial charge >= 0.3 is 0 Å². The Morgan fingerprint density at radius 1 is 1.37 bits per heavy atom. The van der Waals surface area contributed by atoms with E-state index in [4.69, 9.17) is 22.1 Å². The van der Waals surface area contributed by atoms with E-state index in [1.807, 2.05) is 0 Å². The first-order chi connectivity index (χ1) is 8.93. The fourth-order valence-corrected chi connectivity index (χ4v) is 3.53. The van der Waals surface area contributed by atoms with E-state index < -0.39 is 22.0 Å². The number of nitrogens with two attached hydrogens (primary N) is 1. The number of halogens is 1. The zero-order valence-electron chi connectivity index (χ0n) is 9.95. The van der Waals surface area contributed by atoms with Crippen LogP contribution in [0.3, 0.4) is 0 Å². The van der Waals surface area contributed by atoms with Gasteiger partial charge in [0.1, 0.15) is 6.04 Å². The van der Waals surface area contributed by atoms with Crippen molar-refractivity contribution < 1.29 is 17.9 Å². The summed E-state index contributed by atoms with van der Waals surface area (Å²) in [7, 11) is -3.78. The van der Waals surface area contributed by atoms with Crippen LogP contribution in [0.4, 0.5) is 0 Å². The van der Waals surface area contributed by atoms with Crippen molar-refractivity contribution in [2.24, 2.45) is 5.73 Å². The largest absolute Gasteiger partial charge is 0.378 e. The molecule has 0 bridgehead atoms. The number of nitrogens with zero attached hydrogens (tertiary/aromatic N) is 1. The minimum Gasteiger partial charge on any atom is -0.378 e. The second-order valence-corrected chi connectivity index (χ2v) is 6.39. The minimum atomic E-state index is -3.78. The van der Waals surface area contributed by atoms with E-state index in [0.29, 0.717) is 5.02 Å². The van der Waals surface area contributed by atoms with Crippen molar-refractivity contribution >= 4 is 27.5 Å². The first-order valence-corrected chi connectivity index (χ1v) is 7.39. The van der Waals surface area contributed by atoms with Crippen LogP contribution >= 0.6 is 11.6 Å². The molecule has 1 amide bonds. The average Bonchev–Trinajstić information content (AvgIpc) is 2.39. The first kappa shape index (κ1) is 14.3. The zero-order chi connectivity index (χ0) is 14.0. The van der Waals surface area contributed by atoms with Crippen LogP contribution in [-0.4, -0.2) is 44.4 Å². The van der Waals surface area contributed by atoms with E-state index in [1.54, 1.807) is 0 Å². The predicted octanol–water partition coefficient (Wildman–Crippen LogP) is 0.215. The van der Waals surface area contributed by atoms with Gasteiger partial charge in [-0.2, -0.15) is 4.31 Å². The summed E-state index contributed by atoms with van der Waals surface area (Å²) in [6, 6.07) is 4.77. The SMILES string of the molecule is NC(=O)C1COCCN1S(=O)(=O)c1ccc(Cl)cc1. The summed E-state index contributed by atoms with van der Waals surface area (Å²) in [5.41, 5.74) is 5.21. The van der Waals surface area contributed by atoms with Gasteiger partial charge in [0.15, 0.2) is 0 Å². The topological polar surface area (TPSA) is 89.7 Å². The zero-order valence-corrected chi connectivity index (χ0v) is 11.5. The van der Waals surface area contributed by atoms with E-state index in [0.717, 1.165) is 4.31 Å². The molecule has 1 aromatic carbocycles. The van der Waals surface area contributed by atoms with Crippen LogP contribution in [0.1, 0.15) is 0 Å². The molecule has 1 saturated heterocycles. The highest BCUT2D eigenvalue weighted by Gasteiger charge is 2.37. The standard InChI is InChI=1S/C11H13ClN2O4S/c12-8-1-3-9(4-2-8)19(16,17)14-5-6-18-7-10(14)11(13)15/h1-4,10H,5-7H2,(H2,13,15). The van der Waals surface area contributed by atoms with Crippen molar-refractivity contribution in [2.75, 3.05) is 19.8 Å². The second kappa shape index (κ2) is 5.46. The number of primary amides is 1. The van der Waals surface area contributed by atoms with Gasteiger partial charge in [0.2, 0.25) is 15.9 Å². The van der Waals surface area contributed by atoms with E-state index in [9.17, 15) is 13.2 Å². The van der Waals surface area contributed by atoms with Gasteiger partial charge in [0, 0.05) is 11.6 Å². The molecule has 0 aromatic heterocycles. The molecule has 1 aliphatic heterocycles. The van der Waals surface area contributed by atoms with Crippen LogP contribution < -0.4 is 5.73 Å². The summed E-state index contributed by atoms with van der Waals surface area (Å²) < 4.78 is 31.0. The van der Waals surface area contributed by atoms with Gasteiger partial charge in [0.05, 0.1) is 18.1 Å². The number of hydrogen-bond acceptors (Lipinski definition) is 4. The Bertz CT molecular complexity index is 573. The molecule has 104 valence electrons. The smallest absolute Gasteiger partial charge is 0.243 e. The maximum Gasteiger partial charge on any atom is 0.243 e. The molecule has 1 aliphatic rings. The lowest BCUT2D eigenvalue weighted by Crippen LogP contribution is -2.54. The molecule has 1 heterocycles. The highest BCUT2D eigenvalue weighted by molar-refractivity contribution is 7.89. The minimum absolute atomic E-state index is 0.0256. The second-order valence-electron chi connectivity index (χ2n) is 4.06. The molecule has 1 atom stereocenters. The third-order valence-electron chi connectivity index (χ3n) is 2.83. The molecule has 1 aromatic rings. The molecule has 2 rings (SSSR count). The summed E-state index contributed by atoms with van der Waals surface area (Å²) in [6.45, 7) is 0.303. The van der Waals surface area contributed by atoms with Gasteiger partial charge < -0.3 is 10.5 Å². The number of hydrogen-bond donors (Lipinski definition) is 1. The number of ether oxygens (including phenoxy) is 1. The lowest BCUT2D eigenvalue weighted by atomic mass is 10.3. The summed E-state index contributed by atoms with van der Waals surface area (Å²) in [4.78, 5) is 11.4. The van der Waals surface area contributed by atoms with Crippen molar-refractivity contribution in [3.05, 3.63) is 29.3 Å². The summed E-state index contributed by atoms with van der Waals surface area (Å²) in [5, 5.41) is 0.437. The van der Waals surface area contributed by atoms with Crippen LogP contribution in [0, 0.1) is 0 Å². The van der Waals surface area contributed by atoms with Crippen molar-refractivity contribution in [3.8, 4) is 0 Å². The fraction of sp³-hybridized carbons (Fsp3) is 0.364. The van der Waals surface area contributed by atoms with Crippen molar-refractivity contribution in [1.29, 1.82) is 0 Å². The monoisotopic (exact) mass is 304 g/mol. The van der Waals surface area contributed by atoms with Gasteiger partial charge in [-0.05, 0) is 24.3 Å². The summed E-state index contributed by atoms with van der Waals surface area (Å²) in [6.07, 6.45) is 0. The molecule has 2 N–H and O–H groups in total. The Morgan fingerprint density at radius 2 is 2.00 bits per heavy atom. The molecule has 0 saturated carbocycles. The Balaban J connectivity index is 2.37. The van der Waals surface area contributed by atoms with Crippen molar-refractivity contribution in [1.82, 2.24) is 4.31 Å².